The molecule has 0 aliphatic carbocycles. The van der Waals surface area contributed by atoms with E-state index < -0.39 is 0 Å². The molecule has 3 rings (SSSR count). The molecule has 0 atom stereocenters. The van der Waals surface area contributed by atoms with Gasteiger partial charge in [-0.25, -0.2) is 9.97 Å². The Bertz CT molecular complexity index is 728. The Kier molecular flexibility index (Phi) is 4.23. The van der Waals surface area contributed by atoms with Crippen LogP contribution in [0.2, 0.25) is 0 Å². The first-order chi connectivity index (χ1) is 9.76. The number of nitrogens with zero attached hydrogens (tertiary/aromatic N) is 3. The van der Waals surface area contributed by atoms with Gasteiger partial charge in [0.25, 0.3) is 0 Å². The molecular weight excluding hydrogens is 248 g/mol. The number of aromatic nitrogens is 3. The number of aryl methyl sites for hydroxylation is 2. The fourth-order valence-corrected chi connectivity index (χ4v) is 2.52. The molecule has 0 radical (unpaired) electrons. The number of nitrogen functional groups attached to an aromatic ring is 1. The minimum atomic E-state index is 0.519. The number of benzene rings is 1. The van der Waals surface area contributed by atoms with Gasteiger partial charge in [0.1, 0.15) is 11.3 Å². The van der Waals surface area contributed by atoms with Crippen molar-refractivity contribution in [3.63, 3.8) is 0 Å². The SMILES string of the molecule is CC.CCc1nc2c(N)nc3ccccc3c2n1CC. The molecule has 4 heteroatoms. The third-order valence-electron chi connectivity index (χ3n) is 3.32. The Labute approximate surface area is 119 Å². The smallest absolute Gasteiger partial charge is 0.152 e. The second kappa shape index (κ2) is 5.90. The van der Waals surface area contributed by atoms with Gasteiger partial charge in [0.05, 0.1) is 11.0 Å². The van der Waals surface area contributed by atoms with Crippen molar-refractivity contribution < 1.29 is 0 Å². The lowest BCUT2D eigenvalue weighted by Gasteiger charge is -2.06. The van der Waals surface area contributed by atoms with Crippen molar-refractivity contribution in [2.75, 3.05) is 5.73 Å². The zero-order valence-corrected chi connectivity index (χ0v) is 12.6. The molecule has 0 aliphatic heterocycles. The maximum Gasteiger partial charge on any atom is 0.152 e. The number of hydrogen-bond donors (Lipinski definition) is 1. The zero-order chi connectivity index (χ0) is 14.7. The number of pyridine rings is 1. The van der Waals surface area contributed by atoms with Crippen molar-refractivity contribution in [1.29, 1.82) is 0 Å². The van der Waals surface area contributed by atoms with E-state index in [-0.39, 0.29) is 0 Å². The predicted molar refractivity (Wildman–Crippen MR) is 85.8 cm³/mol. The molecule has 0 spiro atoms. The molecule has 0 saturated heterocycles. The third-order valence-corrected chi connectivity index (χ3v) is 3.32. The van der Waals surface area contributed by atoms with E-state index in [2.05, 4.69) is 34.4 Å². The van der Waals surface area contributed by atoms with E-state index in [0.717, 1.165) is 40.7 Å². The summed E-state index contributed by atoms with van der Waals surface area (Å²) in [5.74, 6) is 1.59. The van der Waals surface area contributed by atoms with Crippen LogP contribution in [0, 0.1) is 0 Å². The molecule has 0 amide bonds. The average molecular weight is 270 g/mol. The molecule has 0 fully saturated rings. The molecule has 4 nitrogen and oxygen atoms in total. The highest BCUT2D eigenvalue weighted by Gasteiger charge is 2.14. The number of hydrogen-bond acceptors (Lipinski definition) is 3. The molecule has 0 saturated carbocycles. The first-order valence-corrected chi connectivity index (χ1v) is 7.29. The number of fused-ring (bicyclic) bond motifs is 3. The van der Waals surface area contributed by atoms with Crippen LogP contribution in [0.15, 0.2) is 24.3 Å². The Balaban J connectivity index is 0.000000704. The lowest BCUT2D eigenvalue weighted by Crippen LogP contribution is -2.00. The minimum Gasteiger partial charge on any atom is -0.382 e. The van der Waals surface area contributed by atoms with E-state index in [1.807, 2.05) is 32.0 Å². The molecule has 0 aliphatic rings. The summed E-state index contributed by atoms with van der Waals surface area (Å²) in [6.45, 7) is 9.14. The molecule has 1 aromatic carbocycles. The molecular formula is C16H22N4. The van der Waals surface area contributed by atoms with Gasteiger partial charge in [-0.15, -0.1) is 0 Å². The van der Waals surface area contributed by atoms with Gasteiger partial charge in [-0.2, -0.15) is 0 Å². The quantitative estimate of drug-likeness (QED) is 0.771. The number of anilines is 1. The molecule has 20 heavy (non-hydrogen) atoms. The minimum absolute atomic E-state index is 0.519. The molecule has 3 aromatic rings. The second-order valence-electron chi connectivity index (χ2n) is 4.34. The van der Waals surface area contributed by atoms with E-state index in [4.69, 9.17) is 5.73 Å². The highest BCUT2D eigenvalue weighted by molar-refractivity contribution is 6.06. The number of rotatable bonds is 2. The number of nitrogens with two attached hydrogens (primary N) is 1. The van der Waals surface area contributed by atoms with Gasteiger partial charge in [0.15, 0.2) is 5.82 Å². The van der Waals surface area contributed by atoms with E-state index in [0.29, 0.717) is 5.82 Å². The van der Waals surface area contributed by atoms with E-state index in [9.17, 15) is 0 Å². The van der Waals surface area contributed by atoms with Crippen LogP contribution in [-0.4, -0.2) is 14.5 Å². The maximum absolute atomic E-state index is 6.03. The zero-order valence-electron chi connectivity index (χ0n) is 12.6. The standard InChI is InChI=1S/C14H16N4.C2H6/c1-3-11-17-12-13(18(11)4-2)9-7-5-6-8-10(9)16-14(12)15;1-2/h5-8H,3-4H2,1-2H3,(H2,15,16);1-2H3. The molecule has 106 valence electrons. The van der Waals surface area contributed by atoms with Crippen molar-refractivity contribution in [3.8, 4) is 0 Å². The van der Waals surface area contributed by atoms with Gasteiger partial charge in [-0.05, 0) is 13.0 Å². The summed E-state index contributed by atoms with van der Waals surface area (Å²) in [4.78, 5) is 9.06. The topological polar surface area (TPSA) is 56.7 Å². The number of imidazole rings is 1. The highest BCUT2D eigenvalue weighted by Crippen LogP contribution is 2.28. The summed E-state index contributed by atoms with van der Waals surface area (Å²) in [5.41, 5.74) is 8.89. The first-order valence-electron chi connectivity index (χ1n) is 7.29. The van der Waals surface area contributed by atoms with Crippen molar-refractivity contribution in [2.24, 2.45) is 0 Å². The van der Waals surface area contributed by atoms with Gasteiger partial charge < -0.3 is 10.3 Å². The Morgan fingerprint density at radius 1 is 1.10 bits per heavy atom. The van der Waals surface area contributed by atoms with Crippen molar-refractivity contribution in [3.05, 3.63) is 30.1 Å². The lowest BCUT2D eigenvalue weighted by molar-refractivity contribution is 0.727. The molecule has 0 unspecified atom stereocenters. The van der Waals surface area contributed by atoms with Gasteiger partial charge >= 0.3 is 0 Å². The van der Waals surface area contributed by atoms with Gasteiger partial charge in [-0.3, -0.25) is 0 Å². The van der Waals surface area contributed by atoms with Crippen molar-refractivity contribution in [2.45, 2.75) is 40.7 Å². The second-order valence-corrected chi connectivity index (χ2v) is 4.34. The van der Waals surface area contributed by atoms with Gasteiger partial charge in [0.2, 0.25) is 0 Å². The lowest BCUT2D eigenvalue weighted by atomic mass is 10.2. The maximum atomic E-state index is 6.03. The van der Waals surface area contributed by atoms with Crippen LogP contribution < -0.4 is 5.73 Å². The van der Waals surface area contributed by atoms with E-state index >= 15 is 0 Å². The molecule has 0 bridgehead atoms. The summed E-state index contributed by atoms with van der Waals surface area (Å²) in [7, 11) is 0. The monoisotopic (exact) mass is 270 g/mol. The summed E-state index contributed by atoms with van der Waals surface area (Å²) in [5, 5.41) is 1.12. The summed E-state index contributed by atoms with van der Waals surface area (Å²) in [6.07, 6.45) is 0.899. The van der Waals surface area contributed by atoms with E-state index in [1.54, 1.807) is 0 Å². The molecule has 2 N–H and O–H groups in total. The molecule has 2 aromatic heterocycles. The fourth-order valence-electron chi connectivity index (χ4n) is 2.52. The third kappa shape index (κ3) is 2.11. The summed E-state index contributed by atoms with van der Waals surface area (Å²) < 4.78 is 2.23. The van der Waals surface area contributed by atoms with Crippen molar-refractivity contribution in [1.82, 2.24) is 14.5 Å². The first kappa shape index (κ1) is 14.3. The Morgan fingerprint density at radius 2 is 1.80 bits per heavy atom. The van der Waals surface area contributed by atoms with Crippen LogP contribution >= 0.6 is 0 Å². The van der Waals surface area contributed by atoms with Gasteiger partial charge in [0, 0.05) is 18.4 Å². The van der Waals surface area contributed by atoms with Crippen LogP contribution in [-0.2, 0) is 13.0 Å². The van der Waals surface area contributed by atoms with Crippen molar-refractivity contribution >= 4 is 27.8 Å². The van der Waals surface area contributed by atoms with Crippen LogP contribution in [0.1, 0.15) is 33.5 Å². The van der Waals surface area contributed by atoms with Crippen LogP contribution in [0.3, 0.4) is 0 Å². The van der Waals surface area contributed by atoms with Crippen LogP contribution in [0.4, 0.5) is 5.82 Å². The normalized spacial score (nSPS) is 10.6. The summed E-state index contributed by atoms with van der Waals surface area (Å²) >= 11 is 0. The van der Waals surface area contributed by atoms with Crippen LogP contribution in [0.5, 0.6) is 0 Å². The summed E-state index contributed by atoms with van der Waals surface area (Å²) in [6, 6.07) is 8.08. The van der Waals surface area contributed by atoms with Crippen LogP contribution in [0.25, 0.3) is 21.9 Å². The number of para-hydroxylation sites is 1. The molecule has 2 heterocycles. The largest absolute Gasteiger partial charge is 0.382 e. The Morgan fingerprint density at radius 3 is 2.45 bits per heavy atom. The Hall–Kier alpha value is -2.10. The highest BCUT2D eigenvalue weighted by atomic mass is 15.1. The van der Waals surface area contributed by atoms with E-state index in [1.165, 1.54) is 0 Å². The predicted octanol–water partition coefficient (Wildman–Crippen LogP) is 3.78. The fraction of sp³-hybridized carbons (Fsp3) is 0.375. The average Bonchev–Trinajstić information content (AvgIpc) is 2.89. The van der Waals surface area contributed by atoms with Gasteiger partial charge in [-0.1, -0.05) is 39.0 Å².